The van der Waals surface area contributed by atoms with Gasteiger partial charge in [-0.05, 0) is 32.7 Å². The number of amides is 1. The summed E-state index contributed by atoms with van der Waals surface area (Å²) < 4.78 is 0. The summed E-state index contributed by atoms with van der Waals surface area (Å²) in [4.78, 5) is 20.7. The second-order valence-electron chi connectivity index (χ2n) is 6.77. The first kappa shape index (κ1) is 15.8. The number of rotatable bonds is 3. The Morgan fingerprint density at radius 1 is 1.21 bits per heavy atom. The summed E-state index contributed by atoms with van der Waals surface area (Å²) in [6, 6.07) is 10.9. The van der Waals surface area contributed by atoms with Gasteiger partial charge in [-0.1, -0.05) is 36.8 Å². The van der Waals surface area contributed by atoms with Crippen LogP contribution in [-0.4, -0.2) is 41.0 Å². The summed E-state index contributed by atoms with van der Waals surface area (Å²) in [6.07, 6.45) is 4.86. The highest BCUT2D eigenvalue weighted by Gasteiger charge is 2.36. The van der Waals surface area contributed by atoms with Crippen LogP contribution in [0.4, 0.5) is 0 Å². The Bertz CT molecular complexity index is 727. The number of benzene rings is 1. The molecule has 2 saturated heterocycles. The highest BCUT2D eigenvalue weighted by Crippen LogP contribution is 2.30. The van der Waals surface area contributed by atoms with Gasteiger partial charge < -0.3 is 5.32 Å². The summed E-state index contributed by atoms with van der Waals surface area (Å²) in [6.45, 7) is 4.24. The first-order chi connectivity index (χ1) is 11.7. The number of hydrogen-bond donors (Lipinski definition) is 1. The van der Waals surface area contributed by atoms with Crippen LogP contribution < -0.4 is 5.32 Å². The molecule has 2 aromatic rings. The molecule has 1 aromatic carbocycles. The summed E-state index contributed by atoms with van der Waals surface area (Å²) in [5.41, 5.74) is 1.90. The molecule has 2 aliphatic rings. The molecule has 1 amide bonds. The zero-order chi connectivity index (χ0) is 16.5. The number of carbonyl (C=O) groups is 1. The van der Waals surface area contributed by atoms with E-state index in [-0.39, 0.29) is 5.91 Å². The third-order valence-electron chi connectivity index (χ3n) is 5.20. The summed E-state index contributed by atoms with van der Waals surface area (Å²) in [5, 5.41) is 4.21. The lowest BCUT2D eigenvalue weighted by Crippen LogP contribution is -2.46. The average Bonchev–Trinajstić information content (AvgIpc) is 3.20. The maximum atomic E-state index is 12.8. The summed E-state index contributed by atoms with van der Waals surface area (Å²) >= 11 is 1.50. The largest absolute Gasteiger partial charge is 0.347 e. The quantitative estimate of drug-likeness (QED) is 0.930. The van der Waals surface area contributed by atoms with E-state index in [9.17, 15) is 4.79 Å². The van der Waals surface area contributed by atoms with E-state index >= 15 is 0 Å². The van der Waals surface area contributed by atoms with Gasteiger partial charge in [-0.25, -0.2) is 4.98 Å². The predicted octanol–water partition coefficient (Wildman–Crippen LogP) is 3.48. The molecule has 4 nitrogen and oxygen atoms in total. The van der Waals surface area contributed by atoms with Crippen molar-refractivity contribution in [3.63, 3.8) is 0 Å². The van der Waals surface area contributed by atoms with Crippen LogP contribution in [-0.2, 0) is 0 Å². The molecule has 0 aliphatic carbocycles. The molecule has 3 heterocycles. The minimum absolute atomic E-state index is 0.0459. The van der Waals surface area contributed by atoms with Crippen molar-refractivity contribution in [1.29, 1.82) is 0 Å². The first-order valence-corrected chi connectivity index (χ1v) is 9.62. The molecule has 0 bridgehead atoms. The zero-order valence-corrected chi connectivity index (χ0v) is 14.8. The highest BCUT2D eigenvalue weighted by atomic mass is 32.1. The fourth-order valence-electron chi connectivity index (χ4n) is 3.96. The van der Waals surface area contributed by atoms with Gasteiger partial charge in [0.25, 0.3) is 5.91 Å². The monoisotopic (exact) mass is 341 g/mol. The molecule has 1 aromatic heterocycles. The van der Waals surface area contributed by atoms with Gasteiger partial charge in [0.2, 0.25) is 0 Å². The van der Waals surface area contributed by atoms with Gasteiger partial charge in [-0.15, -0.1) is 11.3 Å². The number of piperidine rings is 1. The van der Waals surface area contributed by atoms with E-state index in [2.05, 4.69) is 15.2 Å². The fourth-order valence-corrected chi connectivity index (χ4v) is 4.94. The normalized spacial score (nSPS) is 23.9. The van der Waals surface area contributed by atoms with Crippen molar-refractivity contribution in [2.75, 3.05) is 13.1 Å². The topological polar surface area (TPSA) is 45.2 Å². The highest BCUT2D eigenvalue weighted by molar-refractivity contribution is 7.17. The second-order valence-corrected chi connectivity index (χ2v) is 7.77. The molecule has 1 N–H and O–H groups in total. The maximum Gasteiger partial charge on any atom is 0.263 e. The van der Waals surface area contributed by atoms with Gasteiger partial charge >= 0.3 is 0 Å². The van der Waals surface area contributed by atoms with Crippen LogP contribution in [0, 0.1) is 6.92 Å². The van der Waals surface area contributed by atoms with E-state index in [0.717, 1.165) is 34.1 Å². The summed E-state index contributed by atoms with van der Waals surface area (Å²) in [7, 11) is 0. The molecule has 0 spiro atoms. The number of nitrogens with zero attached hydrogens (tertiary/aromatic N) is 2. The molecule has 2 fully saturated rings. The van der Waals surface area contributed by atoms with E-state index in [1.165, 1.54) is 37.1 Å². The Morgan fingerprint density at radius 2 is 2.04 bits per heavy atom. The minimum atomic E-state index is 0.0459. The van der Waals surface area contributed by atoms with Crippen molar-refractivity contribution in [2.24, 2.45) is 0 Å². The zero-order valence-electron chi connectivity index (χ0n) is 14.0. The van der Waals surface area contributed by atoms with Gasteiger partial charge in [-0.2, -0.15) is 0 Å². The van der Waals surface area contributed by atoms with Crippen molar-refractivity contribution in [3.8, 4) is 10.6 Å². The van der Waals surface area contributed by atoms with Gasteiger partial charge in [0.1, 0.15) is 9.88 Å². The fraction of sp³-hybridized carbons (Fsp3) is 0.474. The predicted molar refractivity (Wildman–Crippen MR) is 97.4 cm³/mol. The lowest BCUT2D eigenvalue weighted by molar-refractivity contribution is 0.0918. The molecule has 2 atom stereocenters. The Balaban J connectivity index is 1.50. The molecule has 24 heavy (non-hydrogen) atoms. The van der Waals surface area contributed by atoms with Gasteiger partial charge in [0.05, 0.1) is 5.69 Å². The molecular formula is C19H23N3OS. The van der Waals surface area contributed by atoms with Crippen LogP contribution in [0.5, 0.6) is 0 Å². The lowest BCUT2D eigenvalue weighted by atomic mass is 9.99. The van der Waals surface area contributed by atoms with E-state index in [1.807, 2.05) is 37.3 Å². The molecular weight excluding hydrogens is 318 g/mol. The Labute approximate surface area is 146 Å². The van der Waals surface area contributed by atoms with E-state index in [0.29, 0.717) is 12.1 Å². The number of aryl methyl sites for hydroxylation is 1. The molecule has 2 aliphatic heterocycles. The van der Waals surface area contributed by atoms with E-state index in [4.69, 9.17) is 0 Å². The molecule has 126 valence electrons. The number of aromatic nitrogens is 1. The number of nitrogens with one attached hydrogen (secondary N) is 1. The second kappa shape index (κ2) is 6.65. The number of hydrogen-bond acceptors (Lipinski definition) is 4. The molecule has 4 rings (SSSR count). The third kappa shape index (κ3) is 2.98. The maximum absolute atomic E-state index is 12.8. The molecule has 5 heteroatoms. The minimum Gasteiger partial charge on any atom is -0.347 e. The molecule has 0 unspecified atom stereocenters. The SMILES string of the molecule is Cc1nc(-c2ccccc2)sc1C(=O)N[C@@H]1CCN2CCCC[C@H]12. The standard InChI is InChI=1S/C19H23N3OS/c1-13-17(24-19(20-13)14-7-3-2-4-8-14)18(23)21-15-10-12-22-11-6-5-9-16(15)22/h2-4,7-8,15-16H,5-6,9-12H2,1H3,(H,21,23)/t15-,16-/m1/s1. The van der Waals surface area contributed by atoms with Crippen molar-refractivity contribution in [3.05, 3.63) is 40.9 Å². The van der Waals surface area contributed by atoms with Crippen LogP contribution in [0.1, 0.15) is 41.0 Å². The van der Waals surface area contributed by atoms with E-state index < -0.39 is 0 Å². The lowest BCUT2D eigenvalue weighted by Gasteiger charge is -2.32. The molecule has 0 radical (unpaired) electrons. The number of fused-ring (bicyclic) bond motifs is 1. The first-order valence-electron chi connectivity index (χ1n) is 8.80. The Kier molecular flexibility index (Phi) is 4.37. The van der Waals surface area contributed by atoms with Crippen LogP contribution in [0.25, 0.3) is 10.6 Å². The van der Waals surface area contributed by atoms with Crippen molar-refractivity contribution in [1.82, 2.24) is 15.2 Å². The van der Waals surface area contributed by atoms with Gasteiger partial charge in [0.15, 0.2) is 0 Å². The van der Waals surface area contributed by atoms with Crippen LogP contribution in [0.3, 0.4) is 0 Å². The van der Waals surface area contributed by atoms with Crippen LogP contribution in [0.15, 0.2) is 30.3 Å². The van der Waals surface area contributed by atoms with Crippen molar-refractivity contribution in [2.45, 2.75) is 44.7 Å². The van der Waals surface area contributed by atoms with Gasteiger partial charge in [0, 0.05) is 24.2 Å². The average molecular weight is 341 g/mol. The van der Waals surface area contributed by atoms with Crippen LogP contribution >= 0.6 is 11.3 Å². The smallest absolute Gasteiger partial charge is 0.263 e. The molecule has 0 saturated carbocycles. The van der Waals surface area contributed by atoms with E-state index in [1.54, 1.807) is 0 Å². The van der Waals surface area contributed by atoms with Crippen molar-refractivity contribution < 1.29 is 4.79 Å². The Hall–Kier alpha value is -1.72. The summed E-state index contributed by atoms with van der Waals surface area (Å²) in [5.74, 6) is 0.0459. The van der Waals surface area contributed by atoms with Crippen molar-refractivity contribution >= 4 is 17.2 Å². The Morgan fingerprint density at radius 3 is 2.88 bits per heavy atom. The third-order valence-corrected chi connectivity index (χ3v) is 6.40. The number of thiazole rings is 1. The number of carbonyl (C=O) groups excluding carboxylic acids is 1. The van der Waals surface area contributed by atoms with Gasteiger partial charge in [-0.3, -0.25) is 9.69 Å². The van der Waals surface area contributed by atoms with Crippen LogP contribution in [0.2, 0.25) is 0 Å².